The molecule has 2 nitrogen and oxygen atoms in total. The standard InChI is InChI=1S/C12H26N2/c1-5-12-9-14(7-6-13-12)8-11(4)10(2)3/h10-13H,5-9H2,1-4H3. The highest BCUT2D eigenvalue weighted by molar-refractivity contribution is 4.78. The van der Waals surface area contributed by atoms with Crippen LogP contribution in [0.5, 0.6) is 0 Å². The first kappa shape index (κ1) is 12.0. The van der Waals surface area contributed by atoms with E-state index in [2.05, 4.69) is 37.9 Å². The Morgan fingerprint density at radius 3 is 2.64 bits per heavy atom. The summed E-state index contributed by atoms with van der Waals surface area (Å²) in [7, 11) is 0. The zero-order chi connectivity index (χ0) is 10.6. The molecular formula is C12H26N2. The van der Waals surface area contributed by atoms with E-state index in [1.54, 1.807) is 0 Å². The lowest BCUT2D eigenvalue weighted by molar-refractivity contribution is 0.160. The fourth-order valence-electron chi connectivity index (χ4n) is 1.95. The van der Waals surface area contributed by atoms with E-state index in [0.29, 0.717) is 0 Å². The fourth-order valence-corrected chi connectivity index (χ4v) is 1.95. The minimum Gasteiger partial charge on any atom is -0.311 e. The minimum atomic E-state index is 0.725. The number of nitrogens with one attached hydrogen (secondary N) is 1. The Morgan fingerprint density at radius 2 is 2.07 bits per heavy atom. The van der Waals surface area contributed by atoms with Gasteiger partial charge in [0.05, 0.1) is 0 Å². The normalized spacial score (nSPS) is 26.8. The maximum Gasteiger partial charge on any atom is 0.0192 e. The van der Waals surface area contributed by atoms with Crippen LogP contribution in [0.3, 0.4) is 0 Å². The predicted molar refractivity (Wildman–Crippen MR) is 62.5 cm³/mol. The van der Waals surface area contributed by atoms with Gasteiger partial charge in [0.2, 0.25) is 0 Å². The average molecular weight is 198 g/mol. The molecule has 1 N–H and O–H groups in total. The van der Waals surface area contributed by atoms with Crippen molar-refractivity contribution in [2.75, 3.05) is 26.2 Å². The van der Waals surface area contributed by atoms with Crippen LogP contribution in [0.15, 0.2) is 0 Å². The molecule has 0 radical (unpaired) electrons. The van der Waals surface area contributed by atoms with Crippen molar-refractivity contribution < 1.29 is 0 Å². The topological polar surface area (TPSA) is 15.3 Å². The van der Waals surface area contributed by atoms with Crippen molar-refractivity contribution in [1.29, 1.82) is 0 Å². The lowest BCUT2D eigenvalue weighted by Crippen LogP contribution is -2.51. The second kappa shape index (κ2) is 5.72. The molecule has 1 saturated heterocycles. The smallest absolute Gasteiger partial charge is 0.0192 e. The Balaban J connectivity index is 2.30. The van der Waals surface area contributed by atoms with Gasteiger partial charge in [-0.3, -0.25) is 0 Å². The molecule has 2 unspecified atom stereocenters. The Kier molecular flexibility index (Phi) is 4.90. The molecule has 0 aliphatic carbocycles. The van der Waals surface area contributed by atoms with Crippen molar-refractivity contribution in [2.45, 2.75) is 40.2 Å². The maximum atomic E-state index is 3.56. The van der Waals surface area contributed by atoms with E-state index in [0.717, 1.165) is 17.9 Å². The number of piperazine rings is 1. The molecular weight excluding hydrogens is 172 g/mol. The number of rotatable bonds is 4. The van der Waals surface area contributed by atoms with Gasteiger partial charge in [-0.25, -0.2) is 0 Å². The van der Waals surface area contributed by atoms with Gasteiger partial charge in [-0.2, -0.15) is 0 Å². The van der Waals surface area contributed by atoms with Crippen LogP contribution in [0, 0.1) is 11.8 Å². The first-order valence-corrected chi connectivity index (χ1v) is 6.09. The summed E-state index contributed by atoms with van der Waals surface area (Å²) in [6.45, 7) is 14.2. The summed E-state index contributed by atoms with van der Waals surface area (Å²) in [6.07, 6.45) is 1.26. The molecule has 0 aromatic rings. The van der Waals surface area contributed by atoms with Gasteiger partial charge in [0.15, 0.2) is 0 Å². The van der Waals surface area contributed by atoms with E-state index in [-0.39, 0.29) is 0 Å². The number of hydrogen-bond donors (Lipinski definition) is 1. The third kappa shape index (κ3) is 3.58. The summed E-state index contributed by atoms with van der Waals surface area (Å²) >= 11 is 0. The fraction of sp³-hybridized carbons (Fsp3) is 1.00. The summed E-state index contributed by atoms with van der Waals surface area (Å²) in [6, 6.07) is 0.725. The second-order valence-electron chi connectivity index (χ2n) is 5.04. The van der Waals surface area contributed by atoms with E-state index in [9.17, 15) is 0 Å². The molecule has 1 heterocycles. The largest absolute Gasteiger partial charge is 0.311 e. The molecule has 1 aliphatic rings. The zero-order valence-electron chi connectivity index (χ0n) is 10.2. The first-order valence-electron chi connectivity index (χ1n) is 6.09. The molecule has 0 aromatic heterocycles. The van der Waals surface area contributed by atoms with E-state index in [1.807, 2.05) is 0 Å². The quantitative estimate of drug-likeness (QED) is 0.743. The molecule has 1 rings (SSSR count). The highest BCUT2D eigenvalue weighted by Crippen LogP contribution is 2.13. The van der Waals surface area contributed by atoms with Gasteiger partial charge >= 0.3 is 0 Å². The van der Waals surface area contributed by atoms with Crippen molar-refractivity contribution in [1.82, 2.24) is 10.2 Å². The molecule has 14 heavy (non-hydrogen) atoms. The van der Waals surface area contributed by atoms with E-state index < -0.39 is 0 Å². The lowest BCUT2D eigenvalue weighted by Gasteiger charge is -2.35. The summed E-state index contributed by atoms with van der Waals surface area (Å²) in [5.41, 5.74) is 0. The third-order valence-corrected chi connectivity index (χ3v) is 3.52. The monoisotopic (exact) mass is 198 g/mol. The third-order valence-electron chi connectivity index (χ3n) is 3.52. The molecule has 84 valence electrons. The zero-order valence-corrected chi connectivity index (χ0v) is 10.2. The van der Waals surface area contributed by atoms with Crippen molar-refractivity contribution in [2.24, 2.45) is 11.8 Å². The molecule has 0 amide bonds. The molecule has 2 atom stereocenters. The van der Waals surface area contributed by atoms with Crippen LogP contribution >= 0.6 is 0 Å². The summed E-state index contributed by atoms with van der Waals surface area (Å²) in [5.74, 6) is 1.63. The molecule has 1 aliphatic heterocycles. The average Bonchev–Trinajstić information content (AvgIpc) is 2.18. The molecule has 1 fully saturated rings. The predicted octanol–water partition coefficient (Wildman–Crippen LogP) is 1.96. The SMILES string of the molecule is CCC1CN(CC(C)C(C)C)CCN1. The van der Waals surface area contributed by atoms with Crippen LogP contribution in [0.1, 0.15) is 34.1 Å². The van der Waals surface area contributed by atoms with Crippen LogP contribution in [0.25, 0.3) is 0 Å². The second-order valence-corrected chi connectivity index (χ2v) is 5.04. The van der Waals surface area contributed by atoms with Gasteiger partial charge in [0.1, 0.15) is 0 Å². The lowest BCUT2D eigenvalue weighted by atomic mass is 9.97. The van der Waals surface area contributed by atoms with Crippen LogP contribution < -0.4 is 5.32 Å². The Bertz CT molecular complexity index is 156. The van der Waals surface area contributed by atoms with Gasteiger partial charge in [0.25, 0.3) is 0 Å². The van der Waals surface area contributed by atoms with Crippen LogP contribution in [0.2, 0.25) is 0 Å². The van der Waals surface area contributed by atoms with E-state index in [1.165, 1.54) is 32.6 Å². The van der Waals surface area contributed by atoms with E-state index in [4.69, 9.17) is 0 Å². The van der Waals surface area contributed by atoms with Crippen molar-refractivity contribution in [3.8, 4) is 0 Å². The Labute approximate surface area is 89.1 Å². The Hall–Kier alpha value is -0.0800. The minimum absolute atomic E-state index is 0.725. The Morgan fingerprint density at radius 1 is 1.36 bits per heavy atom. The van der Waals surface area contributed by atoms with Crippen molar-refractivity contribution >= 4 is 0 Å². The molecule has 0 bridgehead atoms. The van der Waals surface area contributed by atoms with Crippen LogP contribution in [0.4, 0.5) is 0 Å². The van der Waals surface area contributed by atoms with Crippen molar-refractivity contribution in [3.63, 3.8) is 0 Å². The van der Waals surface area contributed by atoms with Gasteiger partial charge in [-0.1, -0.05) is 27.7 Å². The molecule has 2 heteroatoms. The maximum absolute atomic E-state index is 3.56. The van der Waals surface area contributed by atoms with Crippen LogP contribution in [-0.4, -0.2) is 37.1 Å². The summed E-state index contributed by atoms with van der Waals surface area (Å²) in [4.78, 5) is 2.62. The van der Waals surface area contributed by atoms with Crippen LogP contribution in [-0.2, 0) is 0 Å². The van der Waals surface area contributed by atoms with Gasteiger partial charge in [-0.15, -0.1) is 0 Å². The summed E-state index contributed by atoms with van der Waals surface area (Å²) < 4.78 is 0. The van der Waals surface area contributed by atoms with Gasteiger partial charge in [-0.05, 0) is 18.3 Å². The molecule has 0 aromatic carbocycles. The van der Waals surface area contributed by atoms with Gasteiger partial charge < -0.3 is 10.2 Å². The number of hydrogen-bond acceptors (Lipinski definition) is 2. The first-order chi connectivity index (χ1) is 6.63. The summed E-state index contributed by atoms with van der Waals surface area (Å²) in [5, 5.41) is 3.56. The van der Waals surface area contributed by atoms with E-state index >= 15 is 0 Å². The molecule has 0 spiro atoms. The number of nitrogens with zero attached hydrogens (tertiary/aromatic N) is 1. The molecule has 0 saturated carbocycles. The highest BCUT2D eigenvalue weighted by atomic mass is 15.2. The van der Waals surface area contributed by atoms with Gasteiger partial charge in [0, 0.05) is 32.2 Å². The van der Waals surface area contributed by atoms with Crippen molar-refractivity contribution in [3.05, 3.63) is 0 Å². The highest BCUT2D eigenvalue weighted by Gasteiger charge is 2.19.